The van der Waals surface area contributed by atoms with Gasteiger partial charge in [-0.3, -0.25) is 0 Å². The molecule has 0 radical (unpaired) electrons. The lowest BCUT2D eigenvalue weighted by Gasteiger charge is -2.41. The standard InChI is InChI=1S/C16H22BrClO/c1-10-4-5-12(8-11(10)2)16(3,19)14-7-6-13(17)9-15(14)18/h6-7,9-12,19H,4-5,8H2,1-3H3. The van der Waals surface area contributed by atoms with Gasteiger partial charge in [0.1, 0.15) is 0 Å². The summed E-state index contributed by atoms with van der Waals surface area (Å²) < 4.78 is 0.947. The van der Waals surface area contributed by atoms with E-state index in [4.69, 9.17) is 11.6 Å². The zero-order chi connectivity index (χ0) is 14.2. The highest BCUT2D eigenvalue weighted by Gasteiger charge is 2.39. The van der Waals surface area contributed by atoms with E-state index in [0.29, 0.717) is 10.9 Å². The molecule has 19 heavy (non-hydrogen) atoms. The Hall–Kier alpha value is -0.0500. The Labute approximate surface area is 129 Å². The highest BCUT2D eigenvalue weighted by molar-refractivity contribution is 9.10. The summed E-state index contributed by atoms with van der Waals surface area (Å²) in [6.45, 7) is 6.51. The van der Waals surface area contributed by atoms with Crippen LogP contribution in [0.15, 0.2) is 22.7 Å². The van der Waals surface area contributed by atoms with Crippen LogP contribution in [0.25, 0.3) is 0 Å². The molecule has 0 saturated heterocycles. The van der Waals surface area contributed by atoms with Crippen LogP contribution in [0, 0.1) is 17.8 Å². The quantitative estimate of drug-likeness (QED) is 0.762. The number of rotatable bonds is 2. The Bertz CT molecular complexity index is 458. The van der Waals surface area contributed by atoms with Crippen LogP contribution < -0.4 is 0 Å². The fourth-order valence-electron chi connectivity index (χ4n) is 3.18. The Balaban J connectivity index is 2.26. The van der Waals surface area contributed by atoms with Gasteiger partial charge in [0.15, 0.2) is 0 Å². The van der Waals surface area contributed by atoms with Gasteiger partial charge in [0.25, 0.3) is 0 Å². The van der Waals surface area contributed by atoms with Crippen LogP contribution in [-0.4, -0.2) is 5.11 Å². The van der Waals surface area contributed by atoms with Gasteiger partial charge in [-0.2, -0.15) is 0 Å². The molecule has 1 nitrogen and oxygen atoms in total. The number of benzene rings is 1. The van der Waals surface area contributed by atoms with E-state index in [2.05, 4.69) is 29.8 Å². The van der Waals surface area contributed by atoms with Crippen molar-refractivity contribution < 1.29 is 5.11 Å². The fourth-order valence-corrected chi connectivity index (χ4v) is 4.04. The molecule has 1 saturated carbocycles. The van der Waals surface area contributed by atoms with Crippen LogP contribution in [0.5, 0.6) is 0 Å². The summed E-state index contributed by atoms with van der Waals surface area (Å²) in [4.78, 5) is 0. The summed E-state index contributed by atoms with van der Waals surface area (Å²) in [7, 11) is 0. The third-order valence-electron chi connectivity index (χ3n) is 4.87. The number of aliphatic hydroxyl groups is 1. The van der Waals surface area contributed by atoms with Crippen molar-refractivity contribution in [2.45, 2.75) is 45.6 Å². The summed E-state index contributed by atoms with van der Waals surface area (Å²) in [5.74, 6) is 1.71. The molecule has 1 aromatic carbocycles. The maximum absolute atomic E-state index is 11.0. The lowest BCUT2D eigenvalue weighted by atomic mass is 9.68. The topological polar surface area (TPSA) is 20.2 Å². The molecular weight excluding hydrogens is 324 g/mol. The molecule has 2 rings (SSSR count). The van der Waals surface area contributed by atoms with Gasteiger partial charge < -0.3 is 5.11 Å². The predicted molar refractivity (Wildman–Crippen MR) is 84.4 cm³/mol. The summed E-state index contributed by atoms with van der Waals surface area (Å²) in [6, 6.07) is 5.75. The predicted octanol–water partition coefficient (Wildman–Crippen LogP) is 5.38. The molecule has 1 aliphatic rings. The zero-order valence-corrected chi connectivity index (χ0v) is 14.1. The molecular formula is C16H22BrClO. The molecule has 4 atom stereocenters. The summed E-state index contributed by atoms with van der Waals surface area (Å²) in [5.41, 5.74) is 0.00995. The van der Waals surface area contributed by atoms with Crippen molar-refractivity contribution in [3.63, 3.8) is 0 Å². The Morgan fingerprint density at radius 3 is 2.53 bits per heavy atom. The molecule has 1 fully saturated rings. The largest absolute Gasteiger partial charge is 0.385 e. The molecule has 1 aromatic rings. The molecule has 0 amide bonds. The summed E-state index contributed by atoms with van der Waals surface area (Å²) >= 11 is 9.72. The van der Waals surface area contributed by atoms with Gasteiger partial charge in [0.2, 0.25) is 0 Å². The van der Waals surface area contributed by atoms with Crippen LogP contribution in [0.2, 0.25) is 5.02 Å². The van der Waals surface area contributed by atoms with Gasteiger partial charge in [-0.25, -0.2) is 0 Å². The maximum atomic E-state index is 11.0. The van der Waals surface area contributed by atoms with Gasteiger partial charge >= 0.3 is 0 Å². The van der Waals surface area contributed by atoms with E-state index in [0.717, 1.165) is 28.8 Å². The summed E-state index contributed by atoms with van der Waals surface area (Å²) in [5, 5.41) is 11.6. The van der Waals surface area contributed by atoms with Crippen LogP contribution in [0.4, 0.5) is 0 Å². The smallest absolute Gasteiger partial charge is 0.0911 e. The van der Waals surface area contributed by atoms with Crippen molar-refractivity contribution in [2.24, 2.45) is 17.8 Å². The maximum Gasteiger partial charge on any atom is 0.0911 e. The van der Waals surface area contributed by atoms with Crippen molar-refractivity contribution in [2.75, 3.05) is 0 Å². The number of hydrogen-bond acceptors (Lipinski definition) is 1. The third kappa shape index (κ3) is 3.17. The van der Waals surface area contributed by atoms with Crippen molar-refractivity contribution in [3.8, 4) is 0 Å². The molecule has 3 heteroatoms. The van der Waals surface area contributed by atoms with Crippen molar-refractivity contribution >= 4 is 27.5 Å². The van der Waals surface area contributed by atoms with Crippen LogP contribution in [-0.2, 0) is 5.60 Å². The Morgan fingerprint density at radius 2 is 1.95 bits per heavy atom. The second kappa shape index (κ2) is 5.75. The average molecular weight is 346 g/mol. The van der Waals surface area contributed by atoms with Gasteiger partial charge in [-0.05, 0) is 49.7 Å². The minimum atomic E-state index is -0.841. The monoisotopic (exact) mass is 344 g/mol. The van der Waals surface area contributed by atoms with Gasteiger partial charge in [-0.15, -0.1) is 0 Å². The minimum Gasteiger partial charge on any atom is -0.385 e. The van der Waals surface area contributed by atoms with Crippen molar-refractivity contribution in [1.82, 2.24) is 0 Å². The van der Waals surface area contributed by atoms with Crippen molar-refractivity contribution in [1.29, 1.82) is 0 Å². The van der Waals surface area contributed by atoms with E-state index in [9.17, 15) is 5.11 Å². The Morgan fingerprint density at radius 1 is 1.26 bits per heavy atom. The highest BCUT2D eigenvalue weighted by atomic mass is 79.9. The molecule has 0 aromatic heterocycles. The van der Waals surface area contributed by atoms with E-state index in [-0.39, 0.29) is 5.92 Å². The molecule has 4 unspecified atom stereocenters. The Kier molecular flexibility index (Phi) is 4.64. The minimum absolute atomic E-state index is 0.289. The summed E-state index contributed by atoms with van der Waals surface area (Å²) in [6.07, 6.45) is 3.33. The first-order chi connectivity index (χ1) is 8.82. The van der Waals surface area contributed by atoms with Gasteiger partial charge in [0.05, 0.1) is 5.60 Å². The normalized spacial score (nSPS) is 30.9. The zero-order valence-electron chi connectivity index (χ0n) is 11.8. The average Bonchev–Trinajstić information content (AvgIpc) is 2.32. The second-order valence-corrected chi connectivity index (χ2v) is 7.56. The van der Waals surface area contributed by atoms with E-state index >= 15 is 0 Å². The van der Waals surface area contributed by atoms with Crippen LogP contribution in [0.1, 0.15) is 45.6 Å². The van der Waals surface area contributed by atoms with Gasteiger partial charge in [-0.1, -0.05) is 53.9 Å². The molecule has 106 valence electrons. The second-order valence-electron chi connectivity index (χ2n) is 6.24. The molecule has 1 N–H and O–H groups in total. The molecule has 1 aliphatic carbocycles. The lowest BCUT2D eigenvalue weighted by Crippen LogP contribution is -2.37. The first-order valence-electron chi connectivity index (χ1n) is 7.00. The van der Waals surface area contributed by atoms with Crippen molar-refractivity contribution in [3.05, 3.63) is 33.3 Å². The molecule has 0 aliphatic heterocycles. The van der Waals surface area contributed by atoms with E-state index in [1.165, 1.54) is 6.42 Å². The molecule has 0 spiro atoms. The highest BCUT2D eigenvalue weighted by Crippen LogP contribution is 2.45. The number of halogens is 2. The first-order valence-corrected chi connectivity index (χ1v) is 8.17. The lowest BCUT2D eigenvalue weighted by molar-refractivity contribution is -0.0370. The molecule has 0 bridgehead atoms. The van der Waals surface area contributed by atoms with Gasteiger partial charge in [0, 0.05) is 15.1 Å². The fraction of sp³-hybridized carbons (Fsp3) is 0.625. The first kappa shape index (κ1) is 15.3. The van der Waals surface area contributed by atoms with E-state index in [1.54, 1.807) is 0 Å². The SMILES string of the molecule is CC1CCC(C(C)(O)c2ccc(Br)cc2Cl)CC1C. The number of hydrogen-bond donors (Lipinski definition) is 1. The van der Waals surface area contributed by atoms with Crippen LogP contribution >= 0.6 is 27.5 Å². The van der Waals surface area contributed by atoms with E-state index < -0.39 is 5.60 Å². The van der Waals surface area contributed by atoms with E-state index in [1.807, 2.05) is 25.1 Å². The third-order valence-corrected chi connectivity index (χ3v) is 5.68. The van der Waals surface area contributed by atoms with Crippen LogP contribution in [0.3, 0.4) is 0 Å². The molecule has 0 heterocycles.